The number of unbranched alkanes of at least 4 members (excludes halogenated alkanes) is 36. The van der Waals surface area contributed by atoms with Gasteiger partial charge in [0.15, 0.2) is 6.10 Å². The molecule has 57 heavy (non-hydrogen) atoms. The van der Waals surface area contributed by atoms with Gasteiger partial charge in [-0.2, -0.15) is 0 Å². The summed E-state index contributed by atoms with van der Waals surface area (Å²) in [6, 6.07) is 0. The van der Waals surface area contributed by atoms with Crippen molar-refractivity contribution in [3.63, 3.8) is 0 Å². The molecule has 6 heteroatoms. The van der Waals surface area contributed by atoms with Crippen LogP contribution in [0.1, 0.15) is 290 Å². The number of hydrogen-bond donors (Lipinski definition) is 0. The summed E-state index contributed by atoms with van der Waals surface area (Å²) in [5.41, 5.74) is 0. The first kappa shape index (κ1) is 55.4. The van der Waals surface area contributed by atoms with Crippen molar-refractivity contribution in [3.05, 3.63) is 0 Å². The zero-order valence-corrected chi connectivity index (χ0v) is 38.6. The fourth-order valence-electron chi connectivity index (χ4n) is 7.74. The maximum Gasteiger partial charge on any atom is 0.306 e. The lowest BCUT2D eigenvalue weighted by atomic mass is 10.0. The van der Waals surface area contributed by atoms with E-state index in [1.165, 1.54) is 186 Å². The lowest BCUT2D eigenvalue weighted by Crippen LogP contribution is -2.30. The van der Waals surface area contributed by atoms with E-state index < -0.39 is 6.10 Å². The van der Waals surface area contributed by atoms with E-state index in [4.69, 9.17) is 14.2 Å². The molecule has 0 radical (unpaired) electrons. The maximum absolute atomic E-state index is 12.6. The van der Waals surface area contributed by atoms with Crippen molar-refractivity contribution in [2.45, 2.75) is 297 Å². The molecule has 1 atom stereocenters. The number of carbonyl (C=O) groups is 3. The third-order valence-electron chi connectivity index (χ3n) is 11.6. The van der Waals surface area contributed by atoms with Crippen LogP contribution >= 0.6 is 0 Å². The molecule has 0 aliphatic carbocycles. The molecule has 0 N–H and O–H groups in total. The highest BCUT2D eigenvalue weighted by Gasteiger charge is 2.19. The monoisotopic (exact) mass is 807 g/mol. The molecule has 0 saturated carbocycles. The summed E-state index contributed by atoms with van der Waals surface area (Å²) < 4.78 is 16.7. The summed E-state index contributed by atoms with van der Waals surface area (Å²) in [5, 5.41) is 0. The third-order valence-corrected chi connectivity index (χ3v) is 11.6. The maximum atomic E-state index is 12.6. The molecule has 0 unspecified atom stereocenters. The van der Waals surface area contributed by atoms with Crippen LogP contribution < -0.4 is 0 Å². The van der Waals surface area contributed by atoms with E-state index in [1.807, 2.05) is 0 Å². The van der Waals surface area contributed by atoms with E-state index in [-0.39, 0.29) is 31.1 Å². The first-order valence-electron chi connectivity index (χ1n) is 25.5. The fraction of sp³-hybridized carbons (Fsp3) is 0.941. The average Bonchev–Trinajstić information content (AvgIpc) is 3.21. The van der Waals surface area contributed by atoms with Crippen LogP contribution in [-0.4, -0.2) is 37.2 Å². The van der Waals surface area contributed by atoms with Gasteiger partial charge in [-0.3, -0.25) is 14.4 Å². The molecule has 0 fully saturated rings. The molecule has 0 bridgehead atoms. The van der Waals surface area contributed by atoms with Gasteiger partial charge in [0, 0.05) is 19.3 Å². The summed E-state index contributed by atoms with van der Waals surface area (Å²) in [6.45, 7) is 6.60. The van der Waals surface area contributed by atoms with Gasteiger partial charge in [0.25, 0.3) is 0 Å². The van der Waals surface area contributed by atoms with Crippen molar-refractivity contribution in [1.29, 1.82) is 0 Å². The Balaban J connectivity index is 4.04. The highest BCUT2D eigenvalue weighted by molar-refractivity contribution is 5.71. The van der Waals surface area contributed by atoms with E-state index in [1.54, 1.807) is 0 Å². The summed E-state index contributed by atoms with van der Waals surface area (Å²) in [6.07, 6.45) is 49.8. The van der Waals surface area contributed by atoms with Gasteiger partial charge in [-0.1, -0.05) is 252 Å². The lowest BCUT2D eigenvalue weighted by molar-refractivity contribution is -0.167. The van der Waals surface area contributed by atoms with E-state index in [0.717, 1.165) is 64.2 Å². The van der Waals surface area contributed by atoms with Crippen LogP contribution in [0.15, 0.2) is 0 Å². The lowest BCUT2D eigenvalue weighted by Gasteiger charge is -2.18. The zero-order valence-electron chi connectivity index (χ0n) is 38.6. The number of ether oxygens (including phenoxy) is 3. The molecule has 6 nitrogen and oxygen atoms in total. The quantitative estimate of drug-likeness (QED) is 0.0346. The van der Waals surface area contributed by atoms with Gasteiger partial charge >= 0.3 is 17.9 Å². The van der Waals surface area contributed by atoms with Crippen LogP contribution in [-0.2, 0) is 28.6 Å². The molecule has 338 valence electrons. The van der Waals surface area contributed by atoms with Crippen molar-refractivity contribution in [2.24, 2.45) is 0 Å². The number of hydrogen-bond acceptors (Lipinski definition) is 6. The van der Waals surface area contributed by atoms with Crippen molar-refractivity contribution >= 4 is 17.9 Å². The Morgan fingerprint density at radius 3 is 0.702 bits per heavy atom. The molecule has 0 aliphatic rings. The van der Waals surface area contributed by atoms with E-state index in [2.05, 4.69) is 20.8 Å². The Kier molecular flexibility index (Phi) is 45.8. The van der Waals surface area contributed by atoms with Gasteiger partial charge in [0.2, 0.25) is 0 Å². The fourth-order valence-corrected chi connectivity index (χ4v) is 7.74. The van der Waals surface area contributed by atoms with Crippen molar-refractivity contribution in [3.8, 4) is 0 Å². The SMILES string of the molecule is CCCCCCCCCCCCCCCCCCCCCC(=O)OC[C@H](COC(=O)CCCCCCCCCCCCCCCCC)OC(=O)CCCCCCC. The Morgan fingerprint density at radius 1 is 0.281 bits per heavy atom. The Hall–Kier alpha value is -1.59. The van der Waals surface area contributed by atoms with Crippen LogP contribution in [0.3, 0.4) is 0 Å². The second-order valence-electron chi connectivity index (χ2n) is 17.5. The van der Waals surface area contributed by atoms with Gasteiger partial charge < -0.3 is 14.2 Å². The highest BCUT2D eigenvalue weighted by atomic mass is 16.6. The van der Waals surface area contributed by atoms with Crippen LogP contribution in [0.4, 0.5) is 0 Å². The molecule has 0 aromatic rings. The summed E-state index contributed by atoms with van der Waals surface area (Å²) in [7, 11) is 0. The summed E-state index contributed by atoms with van der Waals surface area (Å²) in [5.74, 6) is -0.859. The third kappa shape index (κ3) is 45.3. The first-order valence-corrected chi connectivity index (χ1v) is 25.5. The minimum atomic E-state index is -0.757. The van der Waals surface area contributed by atoms with Crippen LogP contribution in [0.2, 0.25) is 0 Å². The second kappa shape index (κ2) is 47.1. The highest BCUT2D eigenvalue weighted by Crippen LogP contribution is 2.17. The molecular weight excluding hydrogens is 709 g/mol. The average molecular weight is 807 g/mol. The van der Waals surface area contributed by atoms with Crippen LogP contribution in [0.25, 0.3) is 0 Å². The topological polar surface area (TPSA) is 78.9 Å². The van der Waals surface area contributed by atoms with Crippen molar-refractivity contribution in [2.75, 3.05) is 13.2 Å². The predicted octanol–water partition coefficient (Wildman–Crippen LogP) is 16.4. The number of rotatable bonds is 47. The minimum absolute atomic E-state index is 0.0637. The van der Waals surface area contributed by atoms with Crippen molar-refractivity contribution < 1.29 is 28.6 Å². The molecule has 0 saturated heterocycles. The molecule has 0 heterocycles. The van der Waals surface area contributed by atoms with Gasteiger partial charge in [0.1, 0.15) is 13.2 Å². The Bertz CT molecular complexity index is 844. The smallest absolute Gasteiger partial charge is 0.306 e. The van der Waals surface area contributed by atoms with Gasteiger partial charge in [-0.05, 0) is 19.3 Å². The molecule has 0 aliphatic heterocycles. The molecule has 0 amide bonds. The van der Waals surface area contributed by atoms with Crippen LogP contribution in [0, 0.1) is 0 Å². The first-order chi connectivity index (χ1) is 28.0. The molecule has 0 aromatic heterocycles. The van der Waals surface area contributed by atoms with E-state index >= 15 is 0 Å². The zero-order chi connectivity index (χ0) is 41.5. The normalized spacial score (nSPS) is 11.8. The van der Waals surface area contributed by atoms with Crippen LogP contribution in [0.5, 0.6) is 0 Å². The van der Waals surface area contributed by atoms with Crippen molar-refractivity contribution in [1.82, 2.24) is 0 Å². The second-order valence-corrected chi connectivity index (χ2v) is 17.5. The standard InChI is InChI=1S/C51H98O6/c1-4-7-10-13-15-17-19-21-23-24-25-26-28-30-32-34-36-39-41-44-50(53)56-47-48(57-51(54)45-42-37-12-9-6-3)46-55-49(52)43-40-38-35-33-31-29-27-22-20-18-16-14-11-8-5-2/h48H,4-47H2,1-3H3/t48-/m0/s1. The number of esters is 3. The largest absolute Gasteiger partial charge is 0.462 e. The summed E-state index contributed by atoms with van der Waals surface area (Å²) >= 11 is 0. The number of carbonyl (C=O) groups excluding carboxylic acids is 3. The van der Waals surface area contributed by atoms with Gasteiger partial charge in [-0.25, -0.2) is 0 Å². The van der Waals surface area contributed by atoms with Gasteiger partial charge in [0.05, 0.1) is 0 Å². The van der Waals surface area contributed by atoms with E-state index in [0.29, 0.717) is 19.3 Å². The van der Waals surface area contributed by atoms with Gasteiger partial charge in [-0.15, -0.1) is 0 Å². The van der Waals surface area contributed by atoms with E-state index in [9.17, 15) is 14.4 Å². The predicted molar refractivity (Wildman–Crippen MR) is 243 cm³/mol. The molecular formula is C51H98O6. The Morgan fingerprint density at radius 2 is 0.474 bits per heavy atom. The molecule has 0 rings (SSSR count). The minimum Gasteiger partial charge on any atom is -0.462 e. The molecule has 0 aromatic carbocycles. The summed E-state index contributed by atoms with van der Waals surface area (Å²) in [4.78, 5) is 37.6. The Labute approximate surface area is 355 Å². The molecule has 0 spiro atoms.